The van der Waals surface area contributed by atoms with E-state index in [0.29, 0.717) is 12.2 Å². The van der Waals surface area contributed by atoms with Gasteiger partial charge in [-0.2, -0.15) is 0 Å². The summed E-state index contributed by atoms with van der Waals surface area (Å²) in [6.07, 6.45) is 1.81. The summed E-state index contributed by atoms with van der Waals surface area (Å²) >= 11 is 1.49. The van der Waals surface area contributed by atoms with Crippen molar-refractivity contribution in [1.82, 2.24) is 25.1 Å². The fourth-order valence-electron chi connectivity index (χ4n) is 3.77. The molecule has 4 rings (SSSR count). The summed E-state index contributed by atoms with van der Waals surface area (Å²) in [5, 5.41) is 5.69. The highest BCUT2D eigenvalue weighted by atomic mass is 32.1. The molecule has 162 valence electrons. The number of morpholine rings is 1. The van der Waals surface area contributed by atoms with Gasteiger partial charge in [0.15, 0.2) is 0 Å². The van der Waals surface area contributed by atoms with E-state index in [4.69, 9.17) is 4.74 Å². The molecule has 2 aliphatic heterocycles. The number of ether oxygens (including phenoxy) is 1. The van der Waals surface area contributed by atoms with Crippen molar-refractivity contribution in [2.24, 2.45) is 0 Å². The average molecular weight is 431 g/mol. The summed E-state index contributed by atoms with van der Waals surface area (Å²) in [5.74, 6) is 0.826. The number of carbonyl (C=O) groups is 1. The zero-order chi connectivity index (χ0) is 20.8. The Morgan fingerprint density at radius 3 is 2.70 bits per heavy atom. The largest absolute Gasteiger partial charge is 0.378 e. The number of nitrogens with one attached hydrogen (secondary N) is 1. The standard InChI is InChI=1S/C21H30N6O2S/c1-2-25-7-9-26(10-8-25)6-5-23-20(28)18-16-30-21(24-18)17-3-4-22-19(15-17)27-11-13-29-14-12-27/h3-4,15-16H,2,5-14H2,1H3,(H,23,28). The first-order chi connectivity index (χ1) is 14.7. The third kappa shape index (κ3) is 5.34. The highest BCUT2D eigenvalue weighted by Gasteiger charge is 2.17. The summed E-state index contributed by atoms with van der Waals surface area (Å²) in [5.41, 5.74) is 1.47. The van der Waals surface area contributed by atoms with Gasteiger partial charge in [-0.3, -0.25) is 9.69 Å². The number of anilines is 1. The molecule has 4 heterocycles. The van der Waals surface area contributed by atoms with Crippen LogP contribution >= 0.6 is 11.3 Å². The minimum absolute atomic E-state index is 0.104. The van der Waals surface area contributed by atoms with E-state index in [-0.39, 0.29) is 5.91 Å². The van der Waals surface area contributed by atoms with Crippen LogP contribution in [0.1, 0.15) is 17.4 Å². The van der Waals surface area contributed by atoms with Crippen molar-refractivity contribution in [3.63, 3.8) is 0 Å². The van der Waals surface area contributed by atoms with E-state index in [1.807, 2.05) is 17.5 Å². The summed E-state index contributed by atoms with van der Waals surface area (Å²) in [7, 11) is 0. The number of piperazine rings is 1. The summed E-state index contributed by atoms with van der Waals surface area (Å²) in [4.78, 5) is 28.6. The molecule has 0 atom stereocenters. The lowest BCUT2D eigenvalue weighted by Crippen LogP contribution is -2.48. The number of pyridine rings is 1. The van der Waals surface area contributed by atoms with Gasteiger partial charge in [-0.1, -0.05) is 6.92 Å². The van der Waals surface area contributed by atoms with Crippen molar-refractivity contribution in [2.45, 2.75) is 6.92 Å². The predicted octanol–water partition coefficient (Wildman–Crippen LogP) is 1.41. The number of amides is 1. The van der Waals surface area contributed by atoms with Crippen molar-refractivity contribution in [3.05, 3.63) is 29.4 Å². The Hall–Kier alpha value is -2.07. The fourth-order valence-corrected chi connectivity index (χ4v) is 4.57. The van der Waals surface area contributed by atoms with E-state index in [1.54, 1.807) is 6.20 Å². The predicted molar refractivity (Wildman–Crippen MR) is 119 cm³/mol. The molecule has 8 nitrogen and oxygen atoms in total. The number of likely N-dealkylation sites (N-methyl/N-ethyl adjacent to an activating group) is 1. The molecule has 0 aliphatic carbocycles. The Balaban J connectivity index is 1.30. The molecule has 2 saturated heterocycles. The Morgan fingerprint density at radius 2 is 1.93 bits per heavy atom. The van der Waals surface area contributed by atoms with Crippen molar-refractivity contribution in [1.29, 1.82) is 0 Å². The normalized spacial score (nSPS) is 18.5. The maximum absolute atomic E-state index is 12.5. The average Bonchev–Trinajstić information content (AvgIpc) is 3.31. The molecule has 0 bridgehead atoms. The number of nitrogens with zero attached hydrogens (tertiary/aromatic N) is 5. The minimum atomic E-state index is -0.104. The Morgan fingerprint density at radius 1 is 1.17 bits per heavy atom. The molecule has 9 heteroatoms. The van der Waals surface area contributed by atoms with Gasteiger partial charge in [0.2, 0.25) is 0 Å². The molecule has 0 saturated carbocycles. The van der Waals surface area contributed by atoms with Crippen molar-refractivity contribution < 1.29 is 9.53 Å². The molecule has 2 aromatic heterocycles. The second-order valence-corrected chi connectivity index (χ2v) is 8.43. The van der Waals surface area contributed by atoms with Crippen LogP contribution in [0.5, 0.6) is 0 Å². The SMILES string of the molecule is CCN1CCN(CCNC(=O)c2csc(-c3ccnc(N4CCOCC4)c3)n2)CC1. The number of hydrogen-bond donors (Lipinski definition) is 1. The van der Waals surface area contributed by atoms with Crippen LogP contribution in [0, 0.1) is 0 Å². The van der Waals surface area contributed by atoms with Crippen molar-refractivity contribution in [2.75, 3.05) is 77.0 Å². The van der Waals surface area contributed by atoms with Gasteiger partial charge in [-0.15, -0.1) is 11.3 Å². The summed E-state index contributed by atoms with van der Waals surface area (Å²) in [6, 6.07) is 3.99. The molecular formula is C21H30N6O2S. The van der Waals surface area contributed by atoms with Gasteiger partial charge >= 0.3 is 0 Å². The number of aromatic nitrogens is 2. The molecule has 0 spiro atoms. The van der Waals surface area contributed by atoms with Crippen molar-refractivity contribution in [3.8, 4) is 10.6 Å². The summed E-state index contributed by atoms with van der Waals surface area (Å²) in [6.45, 7) is 12.3. The lowest BCUT2D eigenvalue weighted by Gasteiger charge is -2.33. The number of hydrogen-bond acceptors (Lipinski definition) is 8. The lowest BCUT2D eigenvalue weighted by molar-refractivity contribution is 0.0933. The second kappa shape index (κ2) is 10.3. The highest BCUT2D eigenvalue weighted by Crippen LogP contribution is 2.26. The Labute approximate surface area is 181 Å². The molecule has 30 heavy (non-hydrogen) atoms. The van der Waals surface area contributed by atoms with Crippen LogP contribution in [0.2, 0.25) is 0 Å². The maximum atomic E-state index is 12.5. The quantitative estimate of drug-likeness (QED) is 0.712. The van der Waals surface area contributed by atoms with Gasteiger partial charge in [-0.25, -0.2) is 9.97 Å². The van der Waals surface area contributed by atoms with Gasteiger partial charge in [0.1, 0.15) is 16.5 Å². The monoisotopic (exact) mass is 430 g/mol. The van der Waals surface area contributed by atoms with Crippen LogP contribution in [0.25, 0.3) is 10.6 Å². The van der Waals surface area contributed by atoms with Gasteiger partial charge in [0, 0.05) is 69.5 Å². The van der Waals surface area contributed by atoms with Gasteiger partial charge in [-0.05, 0) is 18.7 Å². The molecule has 0 aromatic carbocycles. The number of carbonyl (C=O) groups excluding carboxylic acids is 1. The third-order valence-corrected chi connectivity index (χ3v) is 6.58. The minimum Gasteiger partial charge on any atom is -0.378 e. The maximum Gasteiger partial charge on any atom is 0.270 e. The van der Waals surface area contributed by atoms with Gasteiger partial charge < -0.3 is 19.9 Å². The molecule has 2 aliphatic rings. The smallest absolute Gasteiger partial charge is 0.270 e. The van der Waals surface area contributed by atoms with Crippen LogP contribution in [0.3, 0.4) is 0 Å². The van der Waals surface area contributed by atoms with Crippen LogP contribution < -0.4 is 10.2 Å². The van der Waals surface area contributed by atoms with Gasteiger partial charge in [0.25, 0.3) is 5.91 Å². The van der Waals surface area contributed by atoms with Crippen LogP contribution in [-0.2, 0) is 4.74 Å². The van der Waals surface area contributed by atoms with Crippen LogP contribution in [-0.4, -0.2) is 97.8 Å². The molecular weight excluding hydrogens is 400 g/mol. The molecule has 2 aromatic rings. The lowest BCUT2D eigenvalue weighted by atomic mass is 10.2. The number of thiazole rings is 1. The Bertz CT molecular complexity index is 830. The summed E-state index contributed by atoms with van der Waals surface area (Å²) < 4.78 is 5.42. The van der Waals surface area contributed by atoms with Crippen LogP contribution in [0.15, 0.2) is 23.7 Å². The van der Waals surface area contributed by atoms with E-state index in [9.17, 15) is 4.79 Å². The fraction of sp³-hybridized carbons (Fsp3) is 0.571. The highest BCUT2D eigenvalue weighted by molar-refractivity contribution is 7.13. The van der Waals surface area contributed by atoms with E-state index in [2.05, 4.69) is 36.9 Å². The first kappa shape index (κ1) is 21.2. The molecule has 2 fully saturated rings. The van der Waals surface area contributed by atoms with E-state index in [0.717, 1.165) is 82.0 Å². The zero-order valence-electron chi connectivity index (χ0n) is 17.5. The molecule has 0 radical (unpaired) electrons. The van der Waals surface area contributed by atoms with E-state index >= 15 is 0 Å². The molecule has 0 unspecified atom stereocenters. The second-order valence-electron chi connectivity index (χ2n) is 7.57. The van der Waals surface area contributed by atoms with Crippen molar-refractivity contribution >= 4 is 23.1 Å². The Kier molecular flexibility index (Phi) is 7.27. The zero-order valence-corrected chi connectivity index (χ0v) is 18.4. The first-order valence-electron chi connectivity index (χ1n) is 10.7. The van der Waals surface area contributed by atoms with Gasteiger partial charge in [0.05, 0.1) is 13.2 Å². The van der Waals surface area contributed by atoms with E-state index < -0.39 is 0 Å². The molecule has 1 N–H and O–H groups in total. The number of rotatable bonds is 7. The topological polar surface area (TPSA) is 73.8 Å². The third-order valence-electron chi connectivity index (χ3n) is 5.69. The first-order valence-corrected chi connectivity index (χ1v) is 11.6. The van der Waals surface area contributed by atoms with E-state index in [1.165, 1.54) is 11.3 Å². The van der Waals surface area contributed by atoms with Crippen LogP contribution in [0.4, 0.5) is 5.82 Å². The molecule has 1 amide bonds.